The molecule has 19 heavy (non-hydrogen) atoms. The quantitative estimate of drug-likeness (QED) is 0.453. The van der Waals surface area contributed by atoms with Gasteiger partial charge >= 0.3 is 5.97 Å². The van der Waals surface area contributed by atoms with Gasteiger partial charge in [0.15, 0.2) is 0 Å². The number of nitrogens with zero attached hydrogens (tertiary/aromatic N) is 1. The van der Waals surface area contributed by atoms with Crippen molar-refractivity contribution in [3.05, 3.63) is 0 Å². The van der Waals surface area contributed by atoms with Crippen LogP contribution in [-0.4, -0.2) is 64.2 Å². The number of nitrogens with one attached hydrogen (secondary N) is 1. The largest absolute Gasteiger partial charge is 0.480 e. The average molecular weight is 273 g/mol. The van der Waals surface area contributed by atoms with Crippen LogP contribution in [0.1, 0.15) is 19.8 Å². The van der Waals surface area contributed by atoms with E-state index in [2.05, 4.69) is 5.32 Å². The molecule has 1 fully saturated rings. The average Bonchev–Trinajstić information content (AvgIpc) is 2.83. The Bertz CT molecular complexity index is 371. The van der Waals surface area contributed by atoms with Crippen LogP contribution in [0.2, 0.25) is 0 Å². The minimum absolute atomic E-state index is 0.306. The molecule has 8 heteroatoms. The van der Waals surface area contributed by atoms with Gasteiger partial charge in [0, 0.05) is 6.54 Å². The normalized spacial score (nSPS) is 21.8. The Kier molecular flexibility index (Phi) is 5.25. The molecular weight excluding hydrogens is 254 g/mol. The Morgan fingerprint density at radius 3 is 2.58 bits per heavy atom. The van der Waals surface area contributed by atoms with Gasteiger partial charge in [0.25, 0.3) is 0 Å². The van der Waals surface area contributed by atoms with Crippen LogP contribution in [0.5, 0.6) is 0 Å². The molecule has 3 atom stereocenters. The van der Waals surface area contributed by atoms with Gasteiger partial charge in [0.2, 0.25) is 11.8 Å². The SMILES string of the molecule is CC(N)C(=O)NC(CO)C(=O)N1CCCC1C(=O)O. The number of carboxylic acid groups (broad SMARTS) is 1. The van der Waals surface area contributed by atoms with Crippen LogP contribution < -0.4 is 11.1 Å². The van der Waals surface area contributed by atoms with Crippen LogP contribution in [0.25, 0.3) is 0 Å². The smallest absolute Gasteiger partial charge is 0.326 e. The van der Waals surface area contributed by atoms with E-state index in [9.17, 15) is 14.4 Å². The number of carbonyl (C=O) groups is 3. The van der Waals surface area contributed by atoms with E-state index >= 15 is 0 Å². The molecule has 0 radical (unpaired) electrons. The Balaban J connectivity index is 2.73. The molecule has 0 aliphatic carbocycles. The number of rotatable bonds is 5. The van der Waals surface area contributed by atoms with Crippen LogP contribution in [-0.2, 0) is 14.4 Å². The van der Waals surface area contributed by atoms with E-state index in [1.165, 1.54) is 11.8 Å². The lowest BCUT2D eigenvalue weighted by molar-refractivity contribution is -0.149. The molecule has 0 aromatic heterocycles. The summed E-state index contributed by atoms with van der Waals surface area (Å²) in [5.41, 5.74) is 5.36. The minimum atomic E-state index is -1.15. The number of likely N-dealkylation sites (tertiary alicyclic amines) is 1. The highest BCUT2D eigenvalue weighted by molar-refractivity contribution is 5.92. The number of amides is 2. The third-order valence-corrected chi connectivity index (χ3v) is 3.03. The standard InChI is InChI=1S/C11H19N3O5/c1-6(12)9(16)13-7(5-15)10(17)14-4-2-3-8(14)11(18)19/h6-8,15H,2-5,12H2,1H3,(H,13,16)(H,18,19). The number of aliphatic hydroxyl groups excluding tert-OH is 1. The van der Waals surface area contributed by atoms with Crippen LogP contribution in [0, 0.1) is 0 Å². The van der Waals surface area contributed by atoms with E-state index in [1.807, 2.05) is 0 Å². The van der Waals surface area contributed by atoms with E-state index in [0.29, 0.717) is 19.4 Å². The van der Waals surface area contributed by atoms with Crippen molar-refractivity contribution in [2.24, 2.45) is 5.73 Å². The molecule has 5 N–H and O–H groups in total. The second-order valence-electron chi connectivity index (χ2n) is 4.56. The minimum Gasteiger partial charge on any atom is -0.480 e. The molecule has 0 bridgehead atoms. The third kappa shape index (κ3) is 3.65. The van der Waals surface area contributed by atoms with E-state index < -0.39 is 42.5 Å². The molecule has 1 heterocycles. The summed E-state index contributed by atoms with van der Waals surface area (Å²) in [6.07, 6.45) is 0.961. The predicted molar refractivity (Wildman–Crippen MR) is 65.0 cm³/mol. The first-order chi connectivity index (χ1) is 8.88. The second kappa shape index (κ2) is 6.48. The lowest BCUT2D eigenvalue weighted by Gasteiger charge is -2.26. The van der Waals surface area contributed by atoms with Crippen molar-refractivity contribution >= 4 is 17.8 Å². The highest BCUT2D eigenvalue weighted by Crippen LogP contribution is 2.18. The summed E-state index contributed by atoms with van der Waals surface area (Å²) >= 11 is 0. The summed E-state index contributed by atoms with van der Waals surface area (Å²) in [6.45, 7) is 1.16. The molecule has 1 saturated heterocycles. The van der Waals surface area contributed by atoms with Crippen LogP contribution in [0.15, 0.2) is 0 Å². The third-order valence-electron chi connectivity index (χ3n) is 3.03. The summed E-state index contributed by atoms with van der Waals surface area (Å²) in [6, 6.07) is -2.86. The lowest BCUT2D eigenvalue weighted by atomic mass is 10.2. The van der Waals surface area contributed by atoms with Crippen LogP contribution >= 0.6 is 0 Å². The molecule has 0 saturated carbocycles. The zero-order valence-corrected chi connectivity index (χ0v) is 10.7. The topological polar surface area (TPSA) is 133 Å². The maximum atomic E-state index is 12.1. The van der Waals surface area contributed by atoms with Crippen LogP contribution in [0.4, 0.5) is 0 Å². The molecule has 0 aromatic carbocycles. The maximum Gasteiger partial charge on any atom is 0.326 e. The first kappa shape index (κ1) is 15.4. The van der Waals surface area contributed by atoms with Crippen molar-refractivity contribution in [3.8, 4) is 0 Å². The van der Waals surface area contributed by atoms with Crippen molar-refractivity contribution in [1.82, 2.24) is 10.2 Å². The lowest BCUT2D eigenvalue weighted by Crippen LogP contribution is -2.55. The molecule has 0 aromatic rings. The summed E-state index contributed by atoms with van der Waals surface area (Å²) in [5.74, 6) is -2.25. The van der Waals surface area contributed by atoms with Gasteiger partial charge in [0.1, 0.15) is 12.1 Å². The van der Waals surface area contributed by atoms with Gasteiger partial charge < -0.3 is 26.2 Å². The number of carbonyl (C=O) groups excluding carboxylic acids is 2. The summed E-state index contributed by atoms with van der Waals surface area (Å²) in [5, 5.41) is 20.5. The van der Waals surface area contributed by atoms with Crippen molar-refractivity contribution < 1.29 is 24.6 Å². The van der Waals surface area contributed by atoms with Gasteiger partial charge in [-0.3, -0.25) is 9.59 Å². The highest BCUT2D eigenvalue weighted by Gasteiger charge is 2.37. The van der Waals surface area contributed by atoms with Crippen LogP contribution in [0.3, 0.4) is 0 Å². The summed E-state index contributed by atoms with van der Waals surface area (Å²) < 4.78 is 0. The predicted octanol–water partition coefficient (Wildman–Crippen LogP) is -2.11. The zero-order valence-electron chi connectivity index (χ0n) is 10.7. The summed E-state index contributed by atoms with van der Waals surface area (Å²) in [4.78, 5) is 35.7. The Morgan fingerprint density at radius 1 is 1.47 bits per heavy atom. The highest BCUT2D eigenvalue weighted by atomic mass is 16.4. The van der Waals surface area contributed by atoms with Gasteiger partial charge in [-0.2, -0.15) is 0 Å². The number of nitrogens with two attached hydrogens (primary N) is 1. The van der Waals surface area contributed by atoms with Gasteiger partial charge in [-0.25, -0.2) is 4.79 Å². The fraction of sp³-hybridized carbons (Fsp3) is 0.727. The van der Waals surface area contributed by atoms with E-state index in [-0.39, 0.29) is 0 Å². The summed E-state index contributed by atoms with van der Waals surface area (Å²) in [7, 11) is 0. The first-order valence-electron chi connectivity index (χ1n) is 6.08. The molecule has 108 valence electrons. The number of carboxylic acids is 1. The number of aliphatic hydroxyl groups is 1. The van der Waals surface area contributed by atoms with E-state index in [1.54, 1.807) is 0 Å². The Morgan fingerprint density at radius 2 is 2.11 bits per heavy atom. The Labute approximate surface area is 110 Å². The number of hydrogen-bond acceptors (Lipinski definition) is 5. The first-order valence-corrected chi connectivity index (χ1v) is 6.08. The zero-order chi connectivity index (χ0) is 14.6. The van der Waals surface area contributed by atoms with Crippen molar-refractivity contribution in [2.45, 2.75) is 37.9 Å². The van der Waals surface area contributed by atoms with Gasteiger partial charge in [-0.05, 0) is 19.8 Å². The molecular formula is C11H19N3O5. The van der Waals surface area contributed by atoms with Gasteiger partial charge in [-0.15, -0.1) is 0 Å². The molecule has 3 unspecified atom stereocenters. The molecule has 1 rings (SSSR count). The van der Waals surface area contributed by atoms with Crippen molar-refractivity contribution in [1.29, 1.82) is 0 Å². The fourth-order valence-electron chi connectivity index (χ4n) is 1.98. The number of hydrogen-bond donors (Lipinski definition) is 4. The van der Waals surface area contributed by atoms with Crippen molar-refractivity contribution in [3.63, 3.8) is 0 Å². The molecule has 1 aliphatic rings. The Hall–Kier alpha value is -1.67. The number of aliphatic carboxylic acids is 1. The van der Waals surface area contributed by atoms with E-state index in [4.69, 9.17) is 15.9 Å². The van der Waals surface area contributed by atoms with Gasteiger partial charge in [-0.1, -0.05) is 0 Å². The molecule has 2 amide bonds. The van der Waals surface area contributed by atoms with Crippen molar-refractivity contribution in [2.75, 3.05) is 13.2 Å². The fourth-order valence-corrected chi connectivity index (χ4v) is 1.98. The molecule has 0 spiro atoms. The maximum absolute atomic E-state index is 12.1. The molecule has 8 nitrogen and oxygen atoms in total. The second-order valence-corrected chi connectivity index (χ2v) is 4.56. The monoisotopic (exact) mass is 273 g/mol. The van der Waals surface area contributed by atoms with Gasteiger partial charge in [0.05, 0.1) is 12.6 Å². The van der Waals surface area contributed by atoms with E-state index in [0.717, 1.165) is 0 Å². The molecule has 1 aliphatic heterocycles.